The van der Waals surface area contributed by atoms with Crippen LogP contribution >= 0.6 is 0 Å². The molecule has 1 atom stereocenters. The molecule has 0 N–H and O–H groups in total. The van der Waals surface area contributed by atoms with E-state index < -0.39 is 0 Å². The standard InChI is InChI=1S/C43H86N2/c1-4-7-10-13-16-19-20-21-22-23-24-25-26-28-31-34-37-40-45-42-41-44(39-36-33-30-18-15-12-9-6-3)43(45)38-35-32-29-27-17-14-11-8-5-2/h41-43H,4-40H2,1-3H3. The normalized spacial score (nSPS) is 14.8. The summed E-state index contributed by atoms with van der Waals surface area (Å²) in [7, 11) is 0. The summed E-state index contributed by atoms with van der Waals surface area (Å²) >= 11 is 0. The molecule has 0 spiro atoms. The van der Waals surface area contributed by atoms with E-state index in [2.05, 4.69) is 43.0 Å². The van der Waals surface area contributed by atoms with Crippen molar-refractivity contribution in [2.24, 2.45) is 0 Å². The van der Waals surface area contributed by atoms with Gasteiger partial charge in [-0.05, 0) is 25.7 Å². The molecular formula is C43H86N2. The van der Waals surface area contributed by atoms with Crippen LogP contribution in [-0.4, -0.2) is 29.1 Å². The van der Waals surface area contributed by atoms with Crippen LogP contribution in [0.1, 0.15) is 245 Å². The molecule has 0 saturated heterocycles. The van der Waals surface area contributed by atoms with Gasteiger partial charge in [-0.3, -0.25) is 0 Å². The van der Waals surface area contributed by atoms with Crippen molar-refractivity contribution in [3.63, 3.8) is 0 Å². The van der Waals surface area contributed by atoms with Crippen molar-refractivity contribution in [1.82, 2.24) is 9.80 Å². The smallest absolute Gasteiger partial charge is 0.101 e. The molecule has 2 heteroatoms. The zero-order valence-corrected chi connectivity index (χ0v) is 31.8. The molecule has 1 heterocycles. The molecule has 45 heavy (non-hydrogen) atoms. The minimum Gasteiger partial charge on any atom is -0.356 e. The Balaban J connectivity index is 2.14. The van der Waals surface area contributed by atoms with Crippen molar-refractivity contribution in [2.75, 3.05) is 13.1 Å². The number of rotatable bonds is 37. The molecule has 1 rings (SSSR count). The Morgan fingerprint density at radius 3 is 0.778 bits per heavy atom. The van der Waals surface area contributed by atoms with Crippen LogP contribution in [0.4, 0.5) is 0 Å². The summed E-state index contributed by atoms with van der Waals surface area (Å²) in [6.07, 6.45) is 55.9. The molecule has 0 aromatic carbocycles. The summed E-state index contributed by atoms with van der Waals surface area (Å²) in [6.45, 7) is 9.49. The van der Waals surface area contributed by atoms with E-state index in [0.29, 0.717) is 6.17 Å². The molecule has 0 saturated carbocycles. The van der Waals surface area contributed by atoms with Crippen molar-refractivity contribution in [1.29, 1.82) is 0 Å². The molecular weight excluding hydrogens is 544 g/mol. The van der Waals surface area contributed by atoms with Crippen molar-refractivity contribution in [3.05, 3.63) is 12.4 Å². The molecule has 2 nitrogen and oxygen atoms in total. The van der Waals surface area contributed by atoms with Crippen LogP contribution in [-0.2, 0) is 0 Å². The highest BCUT2D eigenvalue weighted by Gasteiger charge is 2.24. The van der Waals surface area contributed by atoms with E-state index in [9.17, 15) is 0 Å². The van der Waals surface area contributed by atoms with Crippen LogP contribution in [0.2, 0.25) is 0 Å². The monoisotopic (exact) mass is 631 g/mol. The summed E-state index contributed by atoms with van der Waals surface area (Å²) in [5, 5.41) is 0. The van der Waals surface area contributed by atoms with Gasteiger partial charge in [0.05, 0.1) is 0 Å². The quantitative estimate of drug-likeness (QED) is 0.0630. The predicted octanol–water partition coefficient (Wildman–Crippen LogP) is 15.1. The first-order chi connectivity index (χ1) is 22.3. The fourth-order valence-electron chi connectivity index (χ4n) is 7.42. The van der Waals surface area contributed by atoms with Gasteiger partial charge >= 0.3 is 0 Å². The van der Waals surface area contributed by atoms with Crippen LogP contribution in [0, 0.1) is 0 Å². The minimum absolute atomic E-state index is 0.639. The van der Waals surface area contributed by atoms with Crippen molar-refractivity contribution >= 4 is 0 Å². The van der Waals surface area contributed by atoms with Gasteiger partial charge in [0.2, 0.25) is 0 Å². The van der Waals surface area contributed by atoms with Crippen molar-refractivity contribution in [3.8, 4) is 0 Å². The molecule has 0 bridgehead atoms. The van der Waals surface area contributed by atoms with Gasteiger partial charge in [0.25, 0.3) is 0 Å². The van der Waals surface area contributed by atoms with E-state index in [1.54, 1.807) is 0 Å². The summed E-state index contributed by atoms with van der Waals surface area (Å²) < 4.78 is 0. The number of hydrogen-bond acceptors (Lipinski definition) is 2. The van der Waals surface area contributed by atoms with E-state index in [1.807, 2.05) is 0 Å². The Morgan fingerprint density at radius 2 is 0.511 bits per heavy atom. The lowest BCUT2D eigenvalue weighted by atomic mass is 10.0. The van der Waals surface area contributed by atoms with Crippen molar-refractivity contribution < 1.29 is 0 Å². The van der Waals surface area contributed by atoms with Crippen LogP contribution in [0.5, 0.6) is 0 Å². The van der Waals surface area contributed by atoms with Gasteiger partial charge in [-0.1, -0.05) is 220 Å². The summed E-state index contributed by atoms with van der Waals surface area (Å²) in [5.41, 5.74) is 0. The van der Waals surface area contributed by atoms with Gasteiger partial charge in [0, 0.05) is 25.5 Å². The Hall–Kier alpha value is -0.660. The third-order valence-corrected chi connectivity index (χ3v) is 10.6. The van der Waals surface area contributed by atoms with Gasteiger partial charge in [-0.2, -0.15) is 0 Å². The lowest BCUT2D eigenvalue weighted by molar-refractivity contribution is 0.135. The zero-order valence-electron chi connectivity index (χ0n) is 31.8. The Kier molecular flexibility index (Phi) is 32.6. The van der Waals surface area contributed by atoms with Gasteiger partial charge in [0.1, 0.15) is 6.17 Å². The molecule has 0 aromatic rings. The van der Waals surface area contributed by atoms with Crippen molar-refractivity contribution in [2.45, 2.75) is 252 Å². The molecule has 268 valence electrons. The first-order valence-electron chi connectivity index (χ1n) is 21.5. The number of nitrogens with zero attached hydrogens (tertiary/aromatic N) is 2. The van der Waals surface area contributed by atoms with Gasteiger partial charge in [0.15, 0.2) is 0 Å². The van der Waals surface area contributed by atoms with E-state index in [4.69, 9.17) is 0 Å². The molecule has 0 amide bonds. The van der Waals surface area contributed by atoms with Crippen LogP contribution in [0.25, 0.3) is 0 Å². The maximum Gasteiger partial charge on any atom is 0.101 e. The SMILES string of the molecule is CCCCCCCCCCCCCCCCCCCN1C=CN(CCCCCCCCCC)C1CCCCCCCCCCC. The minimum atomic E-state index is 0.639. The molecule has 0 radical (unpaired) electrons. The number of unbranched alkanes of at least 4 members (excludes halogenated alkanes) is 31. The summed E-state index contributed by atoms with van der Waals surface area (Å²) in [5.74, 6) is 0. The lowest BCUT2D eigenvalue weighted by Crippen LogP contribution is -2.39. The van der Waals surface area contributed by atoms with Crippen LogP contribution < -0.4 is 0 Å². The highest BCUT2D eigenvalue weighted by molar-refractivity contribution is 4.97. The highest BCUT2D eigenvalue weighted by Crippen LogP contribution is 2.24. The third kappa shape index (κ3) is 27.0. The Bertz CT molecular complexity index is 586. The molecule has 0 aliphatic carbocycles. The van der Waals surface area contributed by atoms with Crippen LogP contribution in [0.15, 0.2) is 12.4 Å². The van der Waals surface area contributed by atoms with Gasteiger partial charge in [-0.15, -0.1) is 0 Å². The first-order valence-corrected chi connectivity index (χ1v) is 21.5. The molecule has 0 fully saturated rings. The van der Waals surface area contributed by atoms with E-state index in [1.165, 1.54) is 238 Å². The lowest BCUT2D eigenvalue weighted by Gasteiger charge is -2.33. The molecule has 1 aliphatic rings. The Morgan fingerprint density at radius 1 is 0.289 bits per heavy atom. The average Bonchev–Trinajstić information content (AvgIpc) is 3.43. The van der Waals surface area contributed by atoms with E-state index in [0.717, 1.165) is 0 Å². The Labute approximate surface area is 286 Å². The zero-order chi connectivity index (χ0) is 32.3. The fourth-order valence-corrected chi connectivity index (χ4v) is 7.42. The van der Waals surface area contributed by atoms with Gasteiger partial charge in [-0.25, -0.2) is 0 Å². The predicted molar refractivity (Wildman–Crippen MR) is 205 cm³/mol. The fraction of sp³-hybridized carbons (Fsp3) is 0.953. The number of hydrogen-bond donors (Lipinski definition) is 0. The largest absolute Gasteiger partial charge is 0.356 e. The van der Waals surface area contributed by atoms with E-state index >= 15 is 0 Å². The first kappa shape index (κ1) is 42.4. The van der Waals surface area contributed by atoms with E-state index in [-0.39, 0.29) is 0 Å². The maximum absolute atomic E-state index is 2.72. The van der Waals surface area contributed by atoms with Gasteiger partial charge < -0.3 is 9.80 Å². The average molecular weight is 631 g/mol. The summed E-state index contributed by atoms with van der Waals surface area (Å²) in [6, 6.07) is 0. The molecule has 1 unspecified atom stereocenters. The second-order valence-corrected chi connectivity index (χ2v) is 15.0. The molecule has 0 aromatic heterocycles. The maximum atomic E-state index is 2.72. The summed E-state index contributed by atoms with van der Waals surface area (Å²) in [4.78, 5) is 5.44. The second kappa shape index (κ2) is 34.7. The molecule has 1 aliphatic heterocycles. The van der Waals surface area contributed by atoms with Crippen LogP contribution in [0.3, 0.4) is 0 Å². The third-order valence-electron chi connectivity index (χ3n) is 10.6. The highest BCUT2D eigenvalue weighted by atomic mass is 15.4. The second-order valence-electron chi connectivity index (χ2n) is 15.0. The topological polar surface area (TPSA) is 6.48 Å².